The monoisotopic (exact) mass is 449 g/mol. The molecule has 3 aromatic heterocycles. The third-order valence-electron chi connectivity index (χ3n) is 5.60. The van der Waals surface area contributed by atoms with Gasteiger partial charge in [-0.05, 0) is 74.1 Å². The van der Waals surface area contributed by atoms with Gasteiger partial charge in [0.15, 0.2) is 10.2 Å². The molecule has 0 bridgehead atoms. The summed E-state index contributed by atoms with van der Waals surface area (Å²) < 4.78 is 15.8. The molecule has 5 rings (SSSR count). The van der Waals surface area contributed by atoms with Crippen LogP contribution in [0.2, 0.25) is 0 Å². The van der Waals surface area contributed by atoms with Gasteiger partial charge in [0, 0.05) is 34.8 Å². The molecule has 1 fully saturated rings. The van der Waals surface area contributed by atoms with Crippen LogP contribution in [0, 0.1) is 19.7 Å². The Morgan fingerprint density at radius 3 is 2.55 bits per heavy atom. The van der Waals surface area contributed by atoms with Gasteiger partial charge in [-0.3, -0.25) is 9.55 Å². The Kier molecular flexibility index (Phi) is 5.03. The number of thiocarbonyl (C=S) groups is 1. The van der Waals surface area contributed by atoms with E-state index in [1.807, 2.05) is 29.8 Å². The molecular weight excluding hydrogens is 429 g/mol. The molecule has 1 saturated heterocycles. The second-order valence-electron chi connectivity index (χ2n) is 7.45. The van der Waals surface area contributed by atoms with E-state index in [0.717, 1.165) is 33.5 Å². The van der Waals surface area contributed by atoms with E-state index < -0.39 is 0 Å². The third kappa shape index (κ3) is 3.41. The van der Waals surface area contributed by atoms with Crippen LogP contribution >= 0.6 is 23.6 Å². The number of rotatable bonds is 4. The highest BCUT2D eigenvalue weighted by atomic mass is 32.1. The number of nitrogens with one attached hydrogen (secondary N) is 1. The fraction of sp³-hybridized carbons (Fsp3) is 0.174. The summed E-state index contributed by atoms with van der Waals surface area (Å²) in [5.74, 6) is -0.276. The number of anilines is 1. The van der Waals surface area contributed by atoms with Gasteiger partial charge in [0.05, 0.1) is 17.8 Å². The van der Waals surface area contributed by atoms with E-state index >= 15 is 0 Å². The highest BCUT2D eigenvalue weighted by Crippen LogP contribution is 2.43. The van der Waals surface area contributed by atoms with Crippen LogP contribution in [0.4, 0.5) is 10.1 Å². The summed E-state index contributed by atoms with van der Waals surface area (Å²) in [5.41, 5.74) is 5.05. The van der Waals surface area contributed by atoms with Crippen LogP contribution < -0.4 is 10.2 Å². The minimum Gasteiger partial charge on any atom is -0.351 e. The molecule has 1 aromatic carbocycles. The first-order chi connectivity index (χ1) is 15.0. The van der Waals surface area contributed by atoms with Crippen molar-refractivity contribution < 1.29 is 4.39 Å². The van der Waals surface area contributed by atoms with Crippen LogP contribution in [0.3, 0.4) is 0 Å². The molecule has 4 aromatic rings. The molecule has 156 valence electrons. The topological polar surface area (TPSA) is 46.0 Å². The predicted molar refractivity (Wildman–Crippen MR) is 125 cm³/mol. The molecule has 0 aliphatic carbocycles. The molecule has 1 aliphatic heterocycles. The Morgan fingerprint density at radius 2 is 1.87 bits per heavy atom. The van der Waals surface area contributed by atoms with Crippen molar-refractivity contribution in [3.8, 4) is 5.13 Å². The number of halogens is 1. The number of hydrogen-bond acceptors (Lipinski definition) is 4. The van der Waals surface area contributed by atoms with Gasteiger partial charge in [0.2, 0.25) is 0 Å². The van der Waals surface area contributed by atoms with Gasteiger partial charge < -0.3 is 10.2 Å². The van der Waals surface area contributed by atoms with Crippen molar-refractivity contribution in [3.63, 3.8) is 0 Å². The first kappa shape index (κ1) is 19.8. The molecular formula is C23H20FN5S2. The lowest BCUT2D eigenvalue weighted by molar-refractivity contribution is 0.565. The largest absolute Gasteiger partial charge is 0.351 e. The van der Waals surface area contributed by atoms with Gasteiger partial charge in [0.1, 0.15) is 5.82 Å². The first-order valence-corrected chi connectivity index (χ1v) is 11.2. The third-order valence-corrected chi connectivity index (χ3v) is 6.67. The molecule has 0 radical (unpaired) electrons. The Labute approximate surface area is 189 Å². The van der Waals surface area contributed by atoms with Crippen molar-refractivity contribution in [1.29, 1.82) is 0 Å². The van der Waals surface area contributed by atoms with E-state index in [2.05, 4.69) is 44.7 Å². The zero-order chi connectivity index (χ0) is 21.5. The fourth-order valence-electron chi connectivity index (χ4n) is 4.26. The van der Waals surface area contributed by atoms with Crippen molar-refractivity contribution in [3.05, 3.63) is 94.8 Å². The summed E-state index contributed by atoms with van der Waals surface area (Å²) in [6.45, 7) is 4.18. The zero-order valence-electron chi connectivity index (χ0n) is 17.0. The molecule has 4 heterocycles. The lowest BCUT2D eigenvalue weighted by Gasteiger charge is -2.28. The van der Waals surface area contributed by atoms with Gasteiger partial charge in [-0.15, -0.1) is 11.3 Å². The molecule has 2 atom stereocenters. The summed E-state index contributed by atoms with van der Waals surface area (Å²) in [4.78, 5) is 11.2. The van der Waals surface area contributed by atoms with Crippen molar-refractivity contribution in [2.75, 3.05) is 4.90 Å². The number of thiazole rings is 1. The number of hydrogen-bond donors (Lipinski definition) is 1. The Balaban J connectivity index is 1.68. The van der Waals surface area contributed by atoms with Crippen LogP contribution in [0.15, 0.2) is 66.3 Å². The average molecular weight is 450 g/mol. The van der Waals surface area contributed by atoms with Gasteiger partial charge in [-0.2, -0.15) is 0 Å². The normalized spacial score (nSPS) is 18.4. The highest BCUT2D eigenvalue weighted by molar-refractivity contribution is 7.80. The predicted octanol–water partition coefficient (Wildman–Crippen LogP) is 5.26. The maximum atomic E-state index is 13.6. The Hall–Kier alpha value is -3.10. The molecule has 1 aliphatic rings. The van der Waals surface area contributed by atoms with E-state index in [1.165, 1.54) is 12.1 Å². The standard InChI is InChI=1S/C23H20FN5S2/c1-14-13-18(15(2)28(14)23-26-11-12-31-23)21-20(19-5-3-4-10-25-19)27-22(30)29(21)17-8-6-16(24)7-9-17/h3-13,20-21H,1-2H3,(H,27,30)/t20-,21-/m1/s1. The molecule has 1 N–H and O–H groups in total. The van der Waals surface area contributed by atoms with Gasteiger partial charge in [-0.25, -0.2) is 9.37 Å². The Bertz CT molecular complexity index is 1220. The van der Waals surface area contributed by atoms with Crippen molar-refractivity contribution >= 4 is 34.4 Å². The van der Waals surface area contributed by atoms with Crippen LogP contribution in [0.1, 0.15) is 34.7 Å². The second kappa shape index (κ2) is 7.86. The number of aryl methyl sites for hydroxylation is 1. The SMILES string of the molecule is Cc1cc([C@@H]2[C@@H](c3ccccn3)NC(=S)N2c2ccc(F)cc2)c(C)n1-c1nccs1. The lowest BCUT2D eigenvalue weighted by atomic mass is 9.96. The minimum atomic E-state index is -0.276. The smallest absolute Gasteiger partial charge is 0.193 e. The number of benzene rings is 1. The maximum absolute atomic E-state index is 13.6. The van der Waals surface area contributed by atoms with Crippen molar-refractivity contribution in [1.82, 2.24) is 19.9 Å². The molecule has 8 heteroatoms. The summed E-state index contributed by atoms with van der Waals surface area (Å²) >= 11 is 7.35. The molecule has 0 unspecified atom stereocenters. The molecule has 31 heavy (non-hydrogen) atoms. The maximum Gasteiger partial charge on any atom is 0.193 e. The Morgan fingerprint density at radius 1 is 1.06 bits per heavy atom. The lowest BCUT2D eigenvalue weighted by Crippen LogP contribution is -2.29. The number of pyridine rings is 1. The second-order valence-corrected chi connectivity index (χ2v) is 8.71. The quantitative estimate of drug-likeness (QED) is 0.431. The van der Waals surface area contributed by atoms with Crippen LogP contribution in [0.5, 0.6) is 0 Å². The van der Waals surface area contributed by atoms with Gasteiger partial charge in [0.25, 0.3) is 0 Å². The van der Waals surface area contributed by atoms with E-state index in [4.69, 9.17) is 12.2 Å². The van der Waals surface area contributed by atoms with E-state index in [1.54, 1.807) is 29.7 Å². The van der Waals surface area contributed by atoms with Crippen molar-refractivity contribution in [2.24, 2.45) is 0 Å². The number of aromatic nitrogens is 3. The summed E-state index contributed by atoms with van der Waals surface area (Å²) in [5, 5.41) is 6.94. The van der Waals surface area contributed by atoms with Gasteiger partial charge >= 0.3 is 0 Å². The summed E-state index contributed by atoms with van der Waals surface area (Å²) in [6, 6.07) is 14.2. The van der Waals surface area contributed by atoms with Crippen molar-refractivity contribution in [2.45, 2.75) is 25.9 Å². The first-order valence-electron chi connectivity index (χ1n) is 9.89. The fourth-order valence-corrected chi connectivity index (χ4v) is 5.36. The molecule has 0 amide bonds. The summed E-state index contributed by atoms with van der Waals surface area (Å²) in [6.07, 6.45) is 3.60. The van der Waals surface area contributed by atoms with Crippen LogP contribution in [-0.4, -0.2) is 19.6 Å². The highest BCUT2D eigenvalue weighted by Gasteiger charge is 2.42. The van der Waals surface area contributed by atoms with Crippen LogP contribution in [0.25, 0.3) is 5.13 Å². The minimum absolute atomic E-state index is 0.146. The van der Waals surface area contributed by atoms with Crippen LogP contribution in [-0.2, 0) is 0 Å². The summed E-state index contributed by atoms with van der Waals surface area (Å²) in [7, 11) is 0. The molecule has 0 saturated carbocycles. The molecule has 0 spiro atoms. The average Bonchev–Trinajstić information content (AvgIpc) is 3.47. The molecule has 5 nitrogen and oxygen atoms in total. The van der Waals surface area contributed by atoms with E-state index in [0.29, 0.717) is 5.11 Å². The van der Waals surface area contributed by atoms with E-state index in [9.17, 15) is 4.39 Å². The van der Waals surface area contributed by atoms with E-state index in [-0.39, 0.29) is 17.9 Å². The van der Waals surface area contributed by atoms with Gasteiger partial charge in [-0.1, -0.05) is 6.07 Å². The number of nitrogens with zero attached hydrogens (tertiary/aromatic N) is 4. The zero-order valence-corrected chi connectivity index (χ0v) is 18.6.